The predicted octanol–water partition coefficient (Wildman–Crippen LogP) is -1.38. The predicted molar refractivity (Wildman–Crippen MR) is 80.4 cm³/mol. The Hall–Kier alpha value is -1.81. The molecule has 22 heavy (non-hydrogen) atoms. The van der Waals surface area contributed by atoms with Crippen LogP contribution in [0.4, 0.5) is 0 Å². The smallest absolute Gasteiger partial charge is 0.322 e. The Morgan fingerprint density at radius 2 is 1.73 bits per heavy atom. The van der Waals surface area contributed by atoms with Crippen LogP contribution in [0.1, 0.15) is 19.3 Å². The molecule has 0 aliphatic rings. The number of carbonyl (C=O) groups is 4. The zero-order valence-electron chi connectivity index (χ0n) is 12.2. The van der Waals surface area contributed by atoms with Crippen molar-refractivity contribution in [2.45, 2.75) is 31.3 Å². The lowest BCUT2D eigenvalue weighted by Crippen LogP contribution is -2.52. The SMILES string of the molecule is CSCCC(NC(=O)C(N)CCC(=O)O)C(=O)NCC(=O)O. The van der Waals surface area contributed by atoms with Crippen LogP contribution in [-0.2, 0) is 19.2 Å². The minimum atomic E-state index is -1.19. The average molecular weight is 335 g/mol. The van der Waals surface area contributed by atoms with Crippen molar-refractivity contribution in [3.8, 4) is 0 Å². The van der Waals surface area contributed by atoms with E-state index in [1.165, 1.54) is 11.8 Å². The average Bonchev–Trinajstić information content (AvgIpc) is 2.45. The highest BCUT2D eigenvalue weighted by molar-refractivity contribution is 7.98. The number of rotatable bonds is 11. The number of thioether (sulfide) groups is 1. The quantitative estimate of drug-likeness (QED) is 0.309. The number of aliphatic carboxylic acids is 2. The third-order valence-electron chi connectivity index (χ3n) is 2.66. The Labute approximate surface area is 132 Å². The van der Waals surface area contributed by atoms with Crippen molar-refractivity contribution in [3.05, 3.63) is 0 Å². The van der Waals surface area contributed by atoms with Gasteiger partial charge in [-0.2, -0.15) is 11.8 Å². The van der Waals surface area contributed by atoms with E-state index in [0.29, 0.717) is 12.2 Å². The number of carboxylic acids is 2. The third kappa shape index (κ3) is 9.19. The monoisotopic (exact) mass is 335 g/mol. The maximum atomic E-state index is 11.8. The topological polar surface area (TPSA) is 159 Å². The number of amides is 2. The minimum Gasteiger partial charge on any atom is -0.481 e. The molecule has 9 nitrogen and oxygen atoms in total. The van der Waals surface area contributed by atoms with Gasteiger partial charge in [-0.3, -0.25) is 19.2 Å². The summed E-state index contributed by atoms with van der Waals surface area (Å²) in [6, 6.07) is -1.95. The van der Waals surface area contributed by atoms with Gasteiger partial charge in [-0.25, -0.2) is 0 Å². The Morgan fingerprint density at radius 3 is 2.23 bits per heavy atom. The molecule has 2 atom stereocenters. The van der Waals surface area contributed by atoms with Gasteiger partial charge in [0.2, 0.25) is 11.8 Å². The van der Waals surface area contributed by atoms with Gasteiger partial charge in [-0.05, 0) is 24.9 Å². The molecular weight excluding hydrogens is 314 g/mol. The molecule has 0 radical (unpaired) electrons. The largest absolute Gasteiger partial charge is 0.481 e. The van der Waals surface area contributed by atoms with Crippen LogP contribution < -0.4 is 16.4 Å². The lowest BCUT2D eigenvalue weighted by atomic mass is 10.1. The molecule has 10 heteroatoms. The van der Waals surface area contributed by atoms with Crippen LogP contribution in [-0.4, -0.2) is 64.6 Å². The fourth-order valence-corrected chi connectivity index (χ4v) is 1.95. The summed E-state index contributed by atoms with van der Waals surface area (Å²) in [5, 5.41) is 21.7. The van der Waals surface area contributed by atoms with Gasteiger partial charge in [0.05, 0.1) is 6.04 Å². The van der Waals surface area contributed by atoms with Gasteiger partial charge in [-0.15, -0.1) is 0 Å². The highest BCUT2D eigenvalue weighted by atomic mass is 32.2. The van der Waals surface area contributed by atoms with Gasteiger partial charge in [0.25, 0.3) is 0 Å². The molecule has 0 bridgehead atoms. The van der Waals surface area contributed by atoms with Gasteiger partial charge < -0.3 is 26.6 Å². The lowest BCUT2D eigenvalue weighted by Gasteiger charge is -2.20. The summed E-state index contributed by atoms with van der Waals surface area (Å²) < 4.78 is 0. The second kappa shape index (κ2) is 10.9. The molecule has 0 saturated heterocycles. The summed E-state index contributed by atoms with van der Waals surface area (Å²) >= 11 is 1.46. The minimum absolute atomic E-state index is 0.0485. The number of nitrogens with one attached hydrogen (secondary N) is 2. The summed E-state index contributed by atoms with van der Waals surface area (Å²) in [4.78, 5) is 44.6. The van der Waals surface area contributed by atoms with E-state index in [1.807, 2.05) is 6.26 Å². The molecule has 0 saturated carbocycles. The van der Waals surface area contributed by atoms with Gasteiger partial charge in [0, 0.05) is 6.42 Å². The molecule has 0 aromatic carbocycles. The molecule has 0 heterocycles. The maximum absolute atomic E-state index is 11.8. The van der Waals surface area contributed by atoms with Gasteiger partial charge in [0.1, 0.15) is 12.6 Å². The van der Waals surface area contributed by atoms with Gasteiger partial charge in [0.15, 0.2) is 0 Å². The van der Waals surface area contributed by atoms with Crippen LogP contribution in [0.3, 0.4) is 0 Å². The van der Waals surface area contributed by atoms with Crippen LogP contribution in [0.25, 0.3) is 0 Å². The molecule has 6 N–H and O–H groups in total. The van der Waals surface area contributed by atoms with E-state index in [0.717, 1.165) is 0 Å². The molecule has 2 amide bonds. The zero-order chi connectivity index (χ0) is 17.1. The standard InChI is InChI=1S/C12H21N3O6S/c1-22-5-4-8(12(21)14-6-10(18)19)15-11(20)7(13)2-3-9(16)17/h7-8H,2-6,13H2,1H3,(H,14,21)(H,15,20)(H,16,17)(H,18,19). The zero-order valence-corrected chi connectivity index (χ0v) is 13.0. The van der Waals surface area contributed by atoms with Crippen LogP contribution in [0.5, 0.6) is 0 Å². The lowest BCUT2D eigenvalue weighted by molar-refractivity contribution is -0.138. The number of nitrogens with two attached hydrogens (primary N) is 1. The normalized spacial score (nSPS) is 13.0. The molecule has 0 aromatic rings. The first-order chi connectivity index (χ1) is 10.3. The first-order valence-electron chi connectivity index (χ1n) is 6.54. The van der Waals surface area contributed by atoms with Gasteiger partial charge in [-0.1, -0.05) is 0 Å². The van der Waals surface area contributed by atoms with E-state index >= 15 is 0 Å². The second-order valence-electron chi connectivity index (χ2n) is 4.49. The highest BCUT2D eigenvalue weighted by Gasteiger charge is 2.24. The van der Waals surface area contributed by atoms with Crippen molar-refractivity contribution in [1.82, 2.24) is 10.6 Å². The summed E-state index contributed by atoms with van der Waals surface area (Å²) in [5.74, 6) is -2.94. The van der Waals surface area contributed by atoms with E-state index in [1.54, 1.807) is 0 Å². The molecule has 0 aliphatic heterocycles. The van der Waals surface area contributed by atoms with Crippen molar-refractivity contribution >= 4 is 35.5 Å². The summed E-state index contributed by atoms with van der Waals surface area (Å²) in [5.41, 5.74) is 5.56. The number of hydrogen-bond acceptors (Lipinski definition) is 6. The van der Waals surface area contributed by atoms with E-state index in [-0.39, 0.29) is 12.8 Å². The van der Waals surface area contributed by atoms with E-state index in [4.69, 9.17) is 15.9 Å². The number of hydrogen-bond donors (Lipinski definition) is 5. The summed E-state index contributed by atoms with van der Waals surface area (Å²) in [6.07, 6.45) is 1.83. The van der Waals surface area contributed by atoms with Crippen molar-refractivity contribution in [2.24, 2.45) is 5.73 Å². The highest BCUT2D eigenvalue weighted by Crippen LogP contribution is 2.03. The number of carbonyl (C=O) groups excluding carboxylic acids is 2. The molecule has 2 unspecified atom stereocenters. The maximum Gasteiger partial charge on any atom is 0.322 e. The fourth-order valence-electron chi connectivity index (χ4n) is 1.48. The molecule has 0 fully saturated rings. The first-order valence-corrected chi connectivity index (χ1v) is 7.93. The van der Waals surface area contributed by atoms with Crippen LogP contribution >= 0.6 is 11.8 Å². The summed E-state index contributed by atoms with van der Waals surface area (Å²) in [7, 11) is 0. The van der Waals surface area contributed by atoms with E-state index < -0.39 is 42.4 Å². The van der Waals surface area contributed by atoms with Crippen LogP contribution in [0.2, 0.25) is 0 Å². The van der Waals surface area contributed by atoms with Crippen molar-refractivity contribution < 1.29 is 29.4 Å². The molecular formula is C12H21N3O6S. The Kier molecular flexibility index (Phi) is 9.96. The summed E-state index contributed by atoms with van der Waals surface area (Å²) in [6.45, 7) is -0.546. The molecule has 0 aliphatic carbocycles. The van der Waals surface area contributed by atoms with Crippen molar-refractivity contribution in [2.75, 3.05) is 18.6 Å². The molecule has 126 valence electrons. The fraction of sp³-hybridized carbons (Fsp3) is 0.667. The van der Waals surface area contributed by atoms with E-state index in [2.05, 4.69) is 10.6 Å². The molecule has 0 aromatic heterocycles. The van der Waals surface area contributed by atoms with Crippen LogP contribution in [0.15, 0.2) is 0 Å². The Bertz CT molecular complexity index is 418. The van der Waals surface area contributed by atoms with Gasteiger partial charge >= 0.3 is 11.9 Å². The van der Waals surface area contributed by atoms with Crippen molar-refractivity contribution in [1.29, 1.82) is 0 Å². The van der Waals surface area contributed by atoms with Crippen LogP contribution in [0, 0.1) is 0 Å². The van der Waals surface area contributed by atoms with Crippen molar-refractivity contribution in [3.63, 3.8) is 0 Å². The second-order valence-corrected chi connectivity index (χ2v) is 5.48. The van der Waals surface area contributed by atoms with E-state index in [9.17, 15) is 19.2 Å². The molecule has 0 spiro atoms. The third-order valence-corrected chi connectivity index (χ3v) is 3.31. The molecule has 0 rings (SSSR count). The number of carboxylic acid groups (broad SMARTS) is 2. The first kappa shape index (κ1) is 20.2. The Balaban J connectivity index is 4.54. The Morgan fingerprint density at radius 1 is 1.09 bits per heavy atom.